The van der Waals surface area contributed by atoms with E-state index in [1.807, 2.05) is 12.1 Å². The van der Waals surface area contributed by atoms with Gasteiger partial charge in [-0.15, -0.1) is 0 Å². The van der Waals surface area contributed by atoms with E-state index in [4.69, 9.17) is 16.9 Å². The van der Waals surface area contributed by atoms with Gasteiger partial charge < -0.3 is 0 Å². The van der Waals surface area contributed by atoms with E-state index in [9.17, 15) is 0 Å². The van der Waals surface area contributed by atoms with Crippen molar-refractivity contribution in [2.24, 2.45) is 0 Å². The fourth-order valence-electron chi connectivity index (χ4n) is 1.19. The van der Waals surface area contributed by atoms with E-state index in [1.54, 1.807) is 23.0 Å². The van der Waals surface area contributed by atoms with Gasteiger partial charge in [0.05, 0.1) is 6.20 Å². The number of aromatic nitrogens is 2. The Labute approximate surface area is 86.2 Å². The standard InChI is InChI=1S/C10H6ClN3/c11-8-1-3-9(4-2-8)14-7-13-6-10(14)5-12/h1-4,6-7H. The molecular formula is C10H6ClN3. The van der Waals surface area contributed by atoms with E-state index < -0.39 is 0 Å². The minimum Gasteiger partial charge on any atom is -0.290 e. The highest BCUT2D eigenvalue weighted by atomic mass is 35.5. The second-order valence-corrected chi connectivity index (χ2v) is 3.17. The van der Waals surface area contributed by atoms with Gasteiger partial charge in [0.25, 0.3) is 0 Å². The molecule has 4 heteroatoms. The maximum atomic E-state index is 8.79. The molecule has 3 nitrogen and oxygen atoms in total. The van der Waals surface area contributed by atoms with Crippen LogP contribution in [0.4, 0.5) is 0 Å². The normalized spacial score (nSPS) is 9.71. The minimum absolute atomic E-state index is 0.507. The maximum Gasteiger partial charge on any atom is 0.144 e. The lowest BCUT2D eigenvalue weighted by Crippen LogP contribution is -1.94. The zero-order valence-corrected chi connectivity index (χ0v) is 7.94. The predicted octanol–water partition coefficient (Wildman–Crippen LogP) is 2.40. The fraction of sp³-hybridized carbons (Fsp3) is 0. The lowest BCUT2D eigenvalue weighted by atomic mass is 10.3. The van der Waals surface area contributed by atoms with Crippen LogP contribution in [0.15, 0.2) is 36.8 Å². The number of rotatable bonds is 1. The highest BCUT2D eigenvalue weighted by molar-refractivity contribution is 6.30. The van der Waals surface area contributed by atoms with Crippen molar-refractivity contribution in [2.45, 2.75) is 0 Å². The van der Waals surface area contributed by atoms with Crippen molar-refractivity contribution in [1.29, 1.82) is 5.26 Å². The SMILES string of the molecule is N#Cc1cncn1-c1ccc(Cl)cc1. The number of benzene rings is 1. The van der Waals surface area contributed by atoms with Crippen molar-refractivity contribution >= 4 is 11.6 Å². The van der Waals surface area contributed by atoms with Crippen molar-refractivity contribution < 1.29 is 0 Å². The summed E-state index contributed by atoms with van der Waals surface area (Å²) in [6, 6.07) is 9.28. The Morgan fingerprint density at radius 1 is 1.29 bits per heavy atom. The molecule has 68 valence electrons. The highest BCUT2D eigenvalue weighted by Gasteiger charge is 2.02. The first-order valence-corrected chi connectivity index (χ1v) is 4.37. The van der Waals surface area contributed by atoms with Crippen LogP contribution in [0.3, 0.4) is 0 Å². The number of hydrogen-bond donors (Lipinski definition) is 0. The third-order valence-corrected chi connectivity index (χ3v) is 2.11. The molecule has 0 fully saturated rings. The molecule has 1 aromatic carbocycles. The average Bonchev–Trinajstić information content (AvgIpc) is 2.67. The summed E-state index contributed by atoms with van der Waals surface area (Å²) in [5.74, 6) is 0. The Kier molecular flexibility index (Phi) is 2.21. The summed E-state index contributed by atoms with van der Waals surface area (Å²) in [7, 11) is 0. The van der Waals surface area contributed by atoms with Crippen molar-refractivity contribution in [3.8, 4) is 11.8 Å². The van der Waals surface area contributed by atoms with Crippen LogP contribution in [0.1, 0.15) is 5.69 Å². The van der Waals surface area contributed by atoms with Gasteiger partial charge in [-0.25, -0.2) is 4.98 Å². The van der Waals surface area contributed by atoms with Crippen molar-refractivity contribution in [1.82, 2.24) is 9.55 Å². The molecule has 0 aliphatic rings. The summed E-state index contributed by atoms with van der Waals surface area (Å²) < 4.78 is 1.70. The second-order valence-electron chi connectivity index (χ2n) is 2.74. The Balaban J connectivity index is 2.50. The Hall–Kier alpha value is -1.79. The molecule has 0 N–H and O–H groups in total. The van der Waals surface area contributed by atoms with Crippen molar-refractivity contribution in [2.75, 3.05) is 0 Å². The number of nitriles is 1. The summed E-state index contributed by atoms with van der Waals surface area (Å²) in [5, 5.41) is 9.46. The average molecular weight is 204 g/mol. The van der Waals surface area contributed by atoms with E-state index in [0.717, 1.165) is 5.69 Å². The summed E-state index contributed by atoms with van der Waals surface area (Å²) in [5.41, 5.74) is 1.38. The number of halogens is 1. The monoisotopic (exact) mass is 203 g/mol. The summed E-state index contributed by atoms with van der Waals surface area (Å²) >= 11 is 5.76. The molecule has 1 heterocycles. The lowest BCUT2D eigenvalue weighted by molar-refractivity contribution is 1.04. The van der Waals surface area contributed by atoms with Crippen LogP contribution in [-0.4, -0.2) is 9.55 Å². The Morgan fingerprint density at radius 3 is 2.64 bits per heavy atom. The van der Waals surface area contributed by atoms with E-state index in [-0.39, 0.29) is 0 Å². The van der Waals surface area contributed by atoms with Crippen LogP contribution in [0.5, 0.6) is 0 Å². The molecule has 0 radical (unpaired) electrons. The van der Waals surface area contributed by atoms with Crippen LogP contribution in [0, 0.1) is 11.3 Å². The van der Waals surface area contributed by atoms with Gasteiger partial charge in [-0.2, -0.15) is 5.26 Å². The van der Waals surface area contributed by atoms with E-state index in [1.165, 1.54) is 6.20 Å². The van der Waals surface area contributed by atoms with Crippen LogP contribution < -0.4 is 0 Å². The number of imidazole rings is 1. The molecule has 0 saturated carbocycles. The molecule has 2 aromatic rings. The van der Waals surface area contributed by atoms with E-state index in [2.05, 4.69) is 11.1 Å². The van der Waals surface area contributed by atoms with E-state index in [0.29, 0.717) is 10.7 Å². The number of hydrogen-bond acceptors (Lipinski definition) is 2. The van der Waals surface area contributed by atoms with Gasteiger partial charge in [-0.05, 0) is 24.3 Å². The molecule has 0 amide bonds. The molecule has 1 aromatic heterocycles. The zero-order chi connectivity index (χ0) is 9.97. The van der Waals surface area contributed by atoms with Gasteiger partial charge in [0.2, 0.25) is 0 Å². The summed E-state index contributed by atoms with van der Waals surface area (Å²) in [4.78, 5) is 3.90. The Morgan fingerprint density at radius 2 is 2.00 bits per heavy atom. The van der Waals surface area contributed by atoms with Crippen LogP contribution in [0.2, 0.25) is 5.02 Å². The summed E-state index contributed by atoms with van der Waals surface area (Å²) in [6.07, 6.45) is 3.12. The topological polar surface area (TPSA) is 41.6 Å². The molecule has 0 bridgehead atoms. The molecular weight excluding hydrogens is 198 g/mol. The quantitative estimate of drug-likeness (QED) is 0.714. The molecule has 0 atom stereocenters. The third-order valence-electron chi connectivity index (χ3n) is 1.86. The molecule has 14 heavy (non-hydrogen) atoms. The molecule has 2 rings (SSSR count). The molecule has 0 spiro atoms. The fourth-order valence-corrected chi connectivity index (χ4v) is 1.31. The second kappa shape index (κ2) is 3.52. The zero-order valence-electron chi connectivity index (χ0n) is 7.18. The molecule has 0 saturated heterocycles. The largest absolute Gasteiger partial charge is 0.290 e. The first-order valence-electron chi connectivity index (χ1n) is 3.99. The van der Waals surface area contributed by atoms with Crippen LogP contribution in [0.25, 0.3) is 5.69 Å². The van der Waals surface area contributed by atoms with Crippen molar-refractivity contribution in [3.05, 3.63) is 47.5 Å². The third kappa shape index (κ3) is 1.48. The van der Waals surface area contributed by atoms with Gasteiger partial charge in [0, 0.05) is 10.7 Å². The molecule has 0 aliphatic heterocycles. The highest BCUT2D eigenvalue weighted by Crippen LogP contribution is 2.14. The van der Waals surface area contributed by atoms with Gasteiger partial charge in [0.1, 0.15) is 18.1 Å². The first-order chi connectivity index (χ1) is 6.81. The minimum atomic E-state index is 0.507. The molecule has 0 unspecified atom stereocenters. The lowest BCUT2D eigenvalue weighted by Gasteiger charge is -2.02. The molecule has 0 aliphatic carbocycles. The van der Waals surface area contributed by atoms with Crippen LogP contribution in [-0.2, 0) is 0 Å². The summed E-state index contributed by atoms with van der Waals surface area (Å²) in [6.45, 7) is 0. The van der Waals surface area contributed by atoms with Gasteiger partial charge in [0.15, 0.2) is 0 Å². The van der Waals surface area contributed by atoms with Crippen molar-refractivity contribution in [3.63, 3.8) is 0 Å². The first kappa shape index (κ1) is 8.79. The maximum absolute atomic E-state index is 8.79. The van der Waals surface area contributed by atoms with Crippen LogP contribution >= 0.6 is 11.6 Å². The van der Waals surface area contributed by atoms with Gasteiger partial charge >= 0.3 is 0 Å². The number of nitrogens with zero attached hydrogens (tertiary/aromatic N) is 3. The predicted molar refractivity (Wildman–Crippen MR) is 53.3 cm³/mol. The Bertz CT molecular complexity index is 479. The van der Waals surface area contributed by atoms with E-state index >= 15 is 0 Å². The van der Waals surface area contributed by atoms with Gasteiger partial charge in [-0.3, -0.25) is 4.57 Å². The van der Waals surface area contributed by atoms with Gasteiger partial charge in [-0.1, -0.05) is 11.6 Å². The smallest absolute Gasteiger partial charge is 0.144 e.